The second-order valence-electron chi connectivity index (χ2n) is 6.45. The van der Waals surface area contributed by atoms with Crippen LogP contribution in [-0.4, -0.2) is 33.2 Å². The van der Waals surface area contributed by atoms with E-state index in [0.717, 1.165) is 12.0 Å². The normalized spacial score (nSPS) is 11.1. The molecule has 8 heteroatoms. The summed E-state index contributed by atoms with van der Waals surface area (Å²) in [5.74, 6) is 0.114. The molecule has 3 aromatic rings. The van der Waals surface area contributed by atoms with E-state index in [1.54, 1.807) is 31.4 Å². The minimum Gasteiger partial charge on any atom is -0.478 e. The quantitative estimate of drug-likeness (QED) is 0.531. The zero-order chi connectivity index (χ0) is 21.6. The molecule has 2 N–H and O–H groups in total. The summed E-state index contributed by atoms with van der Waals surface area (Å²) >= 11 is 0. The van der Waals surface area contributed by atoms with E-state index in [1.165, 1.54) is 24.3 Å². The number of hydrogen-bond donors (Lipinski definition) is 2. The molecule has 0 aliphatic carbocycles. The zero-order valence-corrected chi connectivity index (χ0v) is 17.1. The summed E-state index contributed by atoms with van der Waals surface area (Å²) in [5.41, 5.74) is 1.52. The van der Waals surface area contributed by atoms with Crippen LogP contribution >= 0.6 is 0 Å². The summed E-state index contributed by atoms with van der Waals surface area (Å²) in [5, 5.41) is 8.91. The maximum atomic E-state index is 12.5. The van der Waals surface area contributed by atoms with Gasteiger partial charge in [0.05, 0.1) is 17.1 Å². The van der Waals surface area contributed by atoms with E-state index < -0.39 is 16.0 Å². The molecule has 0 fully saturated rings. The number of nitrogens with one attached hydrogen (secondary N) is 1. The Labute approximate surface area is 174 Å². The lowest BCUT2D eigenvalue weighted by Crippen LogP contribution is -2.13. The SMILES string of the molecule is COCCc1ccc(Oc2ccc(NS(=O)(=O)c3ccc(C(=O)O)cc3)cc2)cc1. The Morgan fingerprint density at radius 1 is 0.900 bits per heavy atom. The smallest absolute Gasteiger partial charge is 0.335 e. The predicted octanol–water partition coefficient (Wildman–Crippen LogP) is 4.17. The van der Waals surface area contributed by atoms with Gasteiger partial charge in [-0.2, -0.15) is 0 Å². The lowest BCUT2D eigenvalue weighted by molar-refractivity contribution is 0.0696. The fourth-order valence-corrected chi connectivity index (χ4v) is 3.72. The van der Waals surface area contributed by atoms with Crippen molar-refractivity contribution in [3.63, 3.8) is 0 Å². The van der Waals surface area contributed by atoms with Crippen LogP contribution < -0.4 is 9.46 Å². The van der Waals surface area contributed by atoms with Crippen LogP contribution in [0.25, 0.3) is 0 Å². The average Bonchev–Trinajstić information content (AvgIpc) is 2.74. The maximum absolute atomic E-state index is 12.5. The van der Waals surface area contributed by atoms with Crippen molar-refractivity contribution in [3.05, 3.63) is 83.9 Å². The number of ether oxygens (including phenoxy) is 2. The average molecular weight is 427 g/mol. The third-order valence-corrected chi connectivity index (χ3v) is 5.67. The van der Waals surface area contributed by atoms with Crippen molar-refractivity contribution in [2.45, 2.75) is 11.3 Å². The molecule has 156 valence electrons. The molecule has 0 radical (unpaired) electrons. The predicted molar refractivity (Wildman–Crippen MR) is 113 cm³/mol. The number of aromatic carboxylic acids is 1. The van der Waals surface area contributed by atoms with Crippen molar-refractivity contribution in [2.75, 3.05) is 18.4 Å². The van der Waals surface area contributed by atoms with E-state index in [9.17, 15) is 13.2 Å². The number of rotatable bonds is 9. The van der Waals surface area contributed by atoms with Crippen LogP contribution in [0.4, 0.5) is 5.69 Å². The number of sulfonamides is 1. The fourth-order valence-electron chi connectivity index (χ4n) is 2.66. The minimum absolute atomic E-state index is 0.0159. The number of benzene rings is 3. The van der Waals surface area contributed by atoms with Gasteiger partial charge in [-0.3, -0.25) is 4.72 Å². The van der Waals surface area contributed by atoms with Gasteiger partial charge in [-0.1, -0.05) is 12.1 Å². The van der Waals surface area contributed by atoms with E-state index in [4.69, 9.17) is 14.6 Å². The van der Waals surface area contributed by atoms with Crippen molar-refractivity contribution < 1.29 is 27.8 Å². The van der Waals surface area contributed by atoms with Gasteiger partial charge in [-0.15, -0.1) is 0 Å². The highest BCUT2D eigenvalue weighted by molar-refractivity contribution is 7.92. The lowest BCUT2D eigenvalue weighted by Gasteiger charge is -2.10. The molecule has 0 aliphatic heterocycles. The number of carboxylic acid groups (broad SMARTS) is 1. The lowest BCUT2D eigenvalue weighted by atomic mass is 10.1. The Hall–Kier alpha value is -3.36. The molecule has 0 spiro atoms. The Balaban J connectivity index is 1.64. The maximum Gasteiger partial charge on any atom is 0.335 e. The van der Waals surface area contributed by atoms with Gasteiger partial charge in [-0.25, -0.2) is 13.2 Å². The first-order valence-corrected chi connectivity index (χ1v) is 10.6. The molecule has 0 unspecified atom stereocenters. The van der Waals surface area contributed by atoms with E-state index in [2.05, 4.69) is 4.72 Å². The standard InChI is InChI=1S/C22H21NO6S/c1-28-15-14-16-2-8-19(9-3-16)29-20-10-6-18(7-11-20)23-30(26,27)21-12-4-17(5-13-21)22(24)25/h2-13,23H,14-15H2,1H3,(H,24,25). The van der Waals surface area contributed by atoms with Crippen molar-refractivity contribution >= 4 is 21.7 Å². The van der Waals surface area contributed by atoms with Crippen LogP contribution in [0.1, 0.15) is 15.9 Å². The minimum atomic E-state index is -3.83. The molecule has 3 rings (SSSR count). The second-order valence-corrected chi connectivity index (χ2v) is 8.13. The Morgan fingerprint density at radius 2 is 1.47 bits per heavy atom. The number of carboxylic acids is 1. The number of methoxy groups -OCH3 is 1. The van der Waals surface area contributed by atoms with Gasteiger partial charge >= 0.3 is 5.97 Å². The molecule has 0 amide bonds. The first kappa shape index (κ1) is 21.4. The second kappa shape index (κ2) is 9.43. The zero-order valence-electron chi connectivity index (χ0n) is 16.2. The molecule has 0 heterocycles. The molecule has 0 saturated heterocycles. The summed E-state index contributed by atoms with van der Waals surface area (Å²) in [7, 11) is -2.17. The van der Waals surface area contributed by atoms with Crippen molar-refractivity contribution in [3.8, 4) is 11.5 Å². The van der Waals surface area contributed by atoms with E-state index in [1.807, 2.05) is 24.3 Å². The van der Waals surface area contributed by atoms with Crippen LogP contribution in [0.15, 0.2) is 77.7 Å². The molecule has 30 heavy (non-hydrogen) atoms. The van der Waals surface area contributed by atoms with Gasteiger partial charge in [0.15, 0.2) is 0 Å². The summed E-state index contributed by atoms with van der Waals surface area (Å²) in [4.78, 5) is 10.9. The highest BCUT2D eigenvalue weighted by Gasteiger charge is 2.15. The monoisotopic (exact) mass is 427 g/mol. The van der Waals surface area contributed by atoms with E-state index in [0.29, 0.717) is 23.8 Å². The molecule has 0 aliphatic rings. The Morgan fingerprint density at radius 3 is 2.00 bits per heavy atom. The Bertz CT molecular complexity index is 1090. The third-order valence-electron chi connectivity index (χ3n) is 4.27. The molecule has 0 saturated carbocycles. The highest BCUT2D eigenvalue weighted by Crippen LogP contribution is 2.25. The van der Waals surface area contributed by atoms with E-state index >= 15 is 0 Å². The first-order chi connectivity index (χ1) is 14.4. The van der Waals surface area contributed by atoms with E-state index in [-0.39, 0.29) is 10.5 Å². The van der Waals surface area contributed by atoms with Crippen LogP contribution in [0.5, 0.6) is 11.5 Å². The largest absolute Gasteiger partial charge is 0.478 e. The van der Waals surface area contributed by atoms with Crippen molar-refractivity contribution in [1.29, 1.82) is 0 Å². The topological polar surface area (TPSA) is 102 Å². The highest BCUT2D eigenvalue weighted by atomic mass is 32.2. The number of anilines is 1. The van der Waals surface area contributed by atoms with Crippen LogP contribution in [0.2, 0.25) is 0 Å². The van der Waals surface area contributed by atoms with Gasteiger partial charge in [0, 0.05) is 12.8 Å². The first-order valence-electron chi connectivity index (χ1n) is 9.09. The van der Waals surface area contributed by atoms with Gasteiger partial charge in [0.1, 0.15) is 11.5 Å². The van der Waals surface area contributed by atoms with Crippen molar-refractivity contribution in [2.24, 2.45) is 0 Å². The fraction of sp³-hybridized carbons (Fsp3) is 0.136. The molecule has 0 atom stereocenters. The third kappa shape index (κ3) is 5.59. The molecular weight excluding hydrogens is 406 g/mol. The summed E-state index contributed by atoms with van der Waals surface area (Å²) < 4.78 is 38.2. The summed E-state index contributed by atoms with van der Waals surface area (Å²) in [6.07, 6.45) is 0.824. The van der Waals surface area contributed by atoms with Crippen LogP contribution in [-0.2, 0) is 21.2 Å². The Kier molecular flexibility index (Phi) is 6.71. The van der Waals surface area contributed by atoms with Gasteiger partial charge < -0.3 is 14.6 Å². The van der Waals surface area contributed by atoms with Gasteiger partial charge in [0.2, 0.25) is 0 Å². The summed E-state index contributed by atoms with van der Waals surface area (Å²) in [6, 6.07) is 19.1. The van der Waals surface area contributed by atoms with Gasteiger partial charge in [-0.05, 0) is 72.6 Å². The molecule has 3 aromatic carbocycles. The molecule has 0 bridgehead atoms. The van der Waals surface area contributed by atoms with Crippen molar-refractivity contribution in [1.82, 2.24) is 0 Å². The molecule has 7 nitrogen and oxygen atoms in total. The number of carbonyl (C=O) groups is 1. The molecule has 0 aromatic heterocycles. The van der Waals surface area contributed by atoms with Gasteiger partial charge in [0.25, 0.3) is 10.0 Å². The van der Waals surface area contributed by atoms with Crippen LogP contribution in [0, 0.1) is 0 Å². The summed E-state index contributed by atoms with van der Waals surface area (Å²) in [6.45, 7) is 0.654. The molecular formula is C22H21NO6S. The number of hydrogen-bond acceptors (Lipinski definition) is 5. The van der Waals surface area contributed by atoms with Crippen LogP contribution in [0.3, 0.4) is 0 Å².